The van der Waals surface area contributed by atoms with Gasteiger partial charge in [0, 0.05) is 5.56 Å². The van der Waals surface area contributed by atoms with E-state index in [2.05, 4.69) is 16.9 Å². The lowest BCUT2D eigenvalue weighted by atomic mass is 10.2. The summed E-state index contributed by atoms with van der Waals surface area (Å²) >= 11 is 1.32. The van der Waals surface area contributed by atoms with Crippen LogP contribution >= 0.6 is 11.8 Å². The molecule has 0 saturated carbocycles. The molecule has 1 N–H and O–H groups in total. The van der Waals surface area contributed by atoms with Crippen molar-refractivity contribution in [3.8, 4) is 5.75 Å². The van der Waals surface area contributed by atoms with Crippen molar-refractivity contribution in [3.63, 3.8) is 0 Å². The topological polar surface area (TPSA) is 80.5 Å². The molecule has 7 nitrogen and oxygen atoms in total. The van der Waals surface area contributed by atoms with E-state index in [1.807, 2.05) is 0 Å². The van der Waals surface area contributed by atoms with E-state index in [1.165, 1.54) is 28.8 Å². The minimum Gasteiger partial charge on any atom is -0.378 e. The van der Waals surface area contributed by atoms with Crippen LogP contribution in [0.15, 0.2) is 69.4 Å². The third kappa shape index (κ3) is 4.58. The summed E-state index contributed by atoms with van der Waals surface area (Å²) in [5, 5.41) is 0.703. The first-order valence-corrected chi connectivity index (χ1v) is 11.8. The summed E-state index contributed by atoms with van der Waals surface area (Å²) in [6.45, 7) is 3.71. The minimum atomic E-state index is -3.98. The van der Waals surface area contributed by atoms with Crippen molar-refractivity contribution in [2.45, 2.75) is 4.90 Å². The number of benzene rings is 2. The SMILES string of the molecule is C[NH+]1CCN(C2=NC(=O)/C(=C/c3ccccc3OS(=O)(=O)c3ccccc3)S2)CC1. The molecule has 0 radical (unpaired) electrons. The second-order valence-corrected chi connectivity index (χ2v) is 9.70. The molecule has 2 heterocycles. The fraction of sp³-hybridized carbons (Fsp3) is 0.238. The smallest absolute Gasteiger partial charge is 0.339 e. The number of carbonyl (C=O) groups excluding carboxylic acids is 1. The molecule has 156 valence electrons. The Labute approximate surface area is 180 Å². The molecule has 2 aliphatic heterocycles. The van der Waals surface area contributed by atoms with Crippen molar-refractivity contribution in [2.24, 2.45) is 4.99 Å². The van der Waals surface area contributed by atoms with Gasteiger partial charge in [-0.05, 0) is 36.0 Å². The van der Waals surface area contributed by atoms with E-state index in [9.17, 15) is 13.2 Å². The molecule has 0 unspecified atom stereocenters. The molecule has 0 bridgehead atoms. The van der Waals surface area contributed by atoms with E-state index in [1.54, 1.807) is 48.5 Å². The predicted octanol–water partition coefficient (Wildman–Crippen LogP) is 1.25. The lowest BCUT2D eigenvalue weighted by molar-refractivity contribution is -0.883. The van der Waals surface area contributed by atoms with Crippen LogP contribution in [0.1, 0.15) is 5.56 Å². The van der Waals surface area contributed by atoms with Crippen LogP contribution in [0.5, 0.6) is 5.75 Å². The highest BCUT2D eigenvalue weighted by molar-refractivity contribution is 8.18. The summed E-state index contributed by atoms with van der Waals surface area (Å²) in [4.78, 5) is 20.7. The van der Waals surface area contributed by atoms with Crippen LogP contribution in [0.4, 0.5) is 0 Å². The maximum atomic E-state index is 12.6. The number of nitrogens with zero attached hydrogens (tertiary/aromatic N) is 2. The molecule has 0 spiro atoms. The first-order valence-electron chi connectivity index (χ1n) is 9.60. The Hall–Kier alpha value is -2.62. The van der Waals surface area contributed by atoms with Crippen LogP contribution in [0.2, 0.25) is 0 Å². The number of amides is 1. The summed E-state index contributed by atoms with van der Waals surface area (Å²) in [6.07, 6.45) is 1.64. The molecule has 1 fully saturated rings. The molecule has 2 aromatic rings. The Balaban J connectivity index is 1.55. The average Bonchev–Trinajstić information content (AvgIpc) is 3.11. The summed E-state index contributed by atoms with van der Waals surface area (Å²) in [7, 11) is -1.83. The van der Waals surface area contributed by atoms with E-state index >= 15 is 0 Å². The van der Waals surface area contributed by atoms with Gasteiger partial charge in [-0.3, -0.25) is 4.79 Å². The van der Waals surface area contributed by atoms with Crippen LogP contribution in [-0.2, 0) is 14.9 Å². The second kappa shape index (κ2) is 8.63. The average molecular weight is 445 g/mol. The van der Waals surface area contributed by atoms with Crippen molar-refractivity contribution < 1.29 is 22.3 Å². The third-order valence-electron chi connectivity index (χ3n) is 4.93. The Bertz CT molecular complexity index is 1110. The number of amidine groups is 1. The standard InChI is InChI=1S/C21H21N3O4S2/c1-23-11-13-24(14-12-23)21-22-20(25)19(29-21)15-16-7-5-6-10-18(16)28-30(26,27)17-8-3-2-4-9-17/h2-10,15H,11-14H2,1H3/p+1/b19-15-. The molecule has 2 aromatic carbocycles. The Morgan fingerprint density at radius 2 is 1.73 bits per heavy atom. The first kappa shape index (κ1) is 20.6. The van der Waals surface area contributed by atoms with E-state index in [4.69, 9.17) is 4.18 Å². The van der Waals surface area contributed by atoms with Crippen LogP contribution < -0.4 is 9.08 Å². The number of nitrogens with one attached hydrogen (secondary N) is 1. The molecule has 2 aliphatic rings. The van der Waals surface area contributed by atoms with Gasteiger partial charge in [-0.25, -0.2) is 0 Å². The fourth-order valence-electron chi connectivity index (χ4n) is 3.18. The van der Waals surface area contributed by atoms with Gasteiger partial charge in [0.25, 0.3) is 5.91 Å². The molecular formula is C21H22N3O4S2+. The lowest BCUT2D eigenvalue weighted by Gasteiger charge is -2.30. The Morgan fingerprint density at radius 3 is 2.47 bits per heavy atom. The summed E-state index contributed by atoms with van der Waals surface area (Å²) in [6, 6.07) is 14.7. The molecule has 0 atom stereocenters. The van der Waals surface area contributed by atoms with Gasteiger partial charge in [0.2, 0.25) is 0 Å². The number of likely N-dealkylation sites (N-methyl/N-ethyl adjacent to an activating group) is 1. The van der Waals surface area contributed by atoms with Crippen molar-refractivity contribution >= 4 is 39.0 Å². The van der Waals surface area contributed by atoms with Gasteiger partial charge in [-0.2, -0.15) is 13.4 Å². The summed E-state index contributed by atoms with van der Waals surface area (Å²) in [5.74, 6) is -0.152. The highest BCUT2D eigenvalue weighted by Gasteiger charge is 2.29. The van der Waals surface area contributed by atoms with Crippen molar-refractivity contribution in [3.05, 3.63) is 65.1 Å². The van der Waals surface area contributed by atoms with Crippen LogP contribution in [0.3, 0.4) is 0 Å². The molecular weight excluding hydrogens is 422 g/mol. The van der Waals surface area contributed by atoms with Crippen LogP contribution in [-0.4, -0.2) is 57.6 Å². The van der Waals surface area contributed by atoms with Gasteiger partial charge >= 0.3 is 10.1 Å². The molecule has 1 amide bonds. The summed E-state index contributed by atoms with van der Waals surface area (Å²) in [5.41, 5.74) is 0.507. The number of hydrogen-bond acceptors (Lipinski definition) is 6. The number of hydrogen-bond donors (Lipinski definition) is 1. The molecule has 30 heavy (non-hydrogen) atoms. The monoisotopic (exact) mass is 444 g/mol. The Kier molecular flexibility index (Phi) is 5.94. The molecule has 4 rings (SSSR count). The van der Waals surface area contributed by atoms with Crippen molar-refractivity contribution in [1.29, 1.82) is 0 Å². The zero-order chi connectivity index (χ0) is 21.1. The first-order chi connectivity index (χ1) is 14.4. The van der Waals surface area contributed by atoms with E-state index in [-0.39, 0.29) is 16.6 Å². The molecule has 0 aromatic heterocycles. The number of rotatable bonds is 4. The van der Waals surface area contributed by atoms with Crippen molar-refractivity contribution in [2.75, 3.05) is 33.2 Å². The number of carbonyl (C=O) groups is 1. The molecule has 9 heteroatoms. The Morgan fingerprint density at radius 1 is 1.07 bits per heavy atom. The van der Waals surface area contributed by atoms with Crippen LogP contribution in [0, 0.1) is 0 Å². The van der Waals surface area contributed by atoms with E-state index in [0.717, 1.165) is 26.2 Å². The third-order valence-corrected chi connectivity index (χ3v) is 7.23. The zero-order valence-corrected chi connectivity index (χ0v) is 18.1. The number of para-hydroxylation sites is 1. The van der Waals surface area contributed by atoms with Gasteiger partial charge in [-0.15, -0.1) is 0 Å². The largest absolute Gasteiger partial charge is 0.378 e. The maximum absolute atomic E-state index is 12.6. The fourth-order valence-corrected chi connectivity index (χ4v) is 5.11. The van der Waals surface area contributed by atoms with Crippen LogP contribution in [0.25, 0.3) is 6.08 Å². The van der Waals surface area contributed by atoms with Gasteiger partial charge < -0.3 is 14.0 Å². The normalized spacial score (nSPS) is 19.2. The maximum Gasteiger partial charge on any atom is 0.339 e. The predicted molar refractivity (Wildman–Crippen MR) is 117 cm³/mol. The minimum absolute atomic E-state index is 0.0709. The van der Waals surface area contributed by atoms with E-state index < -0.39 is 10.1 Å². The molecule has 0 aliphatic carbocycles. The zero-order valence-electron chi connectivity index (χ0n) is 16.4. The van der Waals surface area contributed by atoms with Gasteiger partial charge in [-0.1, -0.05) is 36.4 Å². The van der Waals surface area contributed by atoms with Gasteiger partial charge in [0.15, 0.2) is 5.17 Å². The number of piperazine rings is 1. The van der Waals surface area contributed by atoms with Gasteiger partial charge in [0.1, 0.15) is 10.6 Å². The molecule has 1 saturated heterocycles. The van der Waals surface area contributed by atoms with Crippen molar-refractivity contribution in [1.82, 2.24) is 4.90 Å². The lowest BCUT2D eigenvalue weighted by Crippen LogP contribution is -3.12. The quantitative estimate of drug-likeness (QED) is 0.565. The number of thioether (sulfide) groups is 1. The number of aliphatic imine (C=N–C) groups is 1. The highest BCUT2D eigenvalue weighted by Crippen LogP contribution is 2.33. The summed E-state index contributed by atoms with van der Waals surface area (Å²) < 4.78 is 30.6. The highest BCUT2D eigenvalue weighted by atomic mass is 32.2. The van der Waals surface area contributed by atoms with Gasteiger partial charge in [0.05, 0.1) is 38.1 Å². The number of quaternary nitrogens is 1. The van der Waals surface area contributed by atoms with E-state index in [0.29, 0.717) is 15.6 Å². The second-order valence-electron chi connectivity index (χ2n) is 7.14.